The summed E-state index contributed by atoms with van der Waals surface area (Å²) in [7, 11) is 0. The van der Waals surface area contributed by atoms with Crippen LogP contribution in [-0.4, -0.2) is 40.3 Å². The maximum atomic E-state index is 12.1. The second-order valence-electron chi connectivity index (χ2n) is 6.99. The van der Waals surface area contributed by atoms with Crippen LogP contribution in [0.1, 0.15) is 41.9 Å². The van der Waals surface area contributed by atoms with E-state index in [2.05, 4.69) is 40.0 Å². The largest absolute Gasteiger partial charge is 0.449 e. The van der Waals surface area contributed by atoms with E-state index in [1.165, 1.54) is 18.6 Å². The Bertz CT molecular complexity index is 945. The number of esters is 1. The van der Waals surface area contributed by atoms with Crippen molar-refractivity contribution in [3.8, 4) is 0 Å². The minimum absolute atomic E-state index is 0.381. The number of imide groups is 1. The second-order valence-corrected chi connectivity index (χ2v) is 6.99. The van der Waals surface area contributed by atoms with Crippen molar-refractivity contribution in [3.63, 3.8) is 0 Å². The number of ether oxygens (including phenoxy) is 1. The van der Waals surface area contributed by atoms with Crippen molar-refractivity contribution in [1.29, 1.82) is 0 Å². The molecule has 1 atom stereocenters. The fourth-order valence-electron chi connectivity index (χ4n) is 2.81. The molecule has 8 nitrogen and oxygen atoms in total. The minimum Gasteiger partial charge on any atom is -0.449 e. The SMILES string of the molecule is CCNC(=O)NC(=O)C(C)OC(=O)/C=C/c1c(C)nn(Cc2ccc(C)cc2)c1C. The highest BCUT2D eigenvalue weighted by Crippen LogP contribution is 2.17. The van der Waals surface area contributed by atoms with Gasteiger partial charge in [-0.15, -0.1) is 0 Å². The number of aryl methyl sites for hydroxylation is 2. The summed E-state index contributed by atoms with van der Waals surface area (Å²) < 4.78 is 6.94. The molecular formula is C22H28N4O4. The predicted octanol–water partition coefficient (Wildman–Crippen LogP) is 2.65. The van der Waals surface area contributed by atoms with Crippen molar-refractivity contribution >= 4 is 24.0 Å². The molecule has 1 unspecified atom stereocenters. The molecule has 8 heteroatoms. The topological polar surface area (TPSA) is 102 Å². The van der Waals surface area contributed by atoms with Gasteiger partial charge in [0.15, 0.2) is 6.10 Å². The molecular weight excluding hydrogens is 384 g/mol. The number of nitrogens with one attached hydrogen (secondary N) is 2. The van der Waals surface area contributed by atoms with Gasteiger partial charge in [0, 0.05) is 23.9 Å². The van der Waals surface area contributed by atoms with E-state index in [1.54, 1.807) is 13.0 Å². The molecule has 0 saturated heterocycles. The lowest BCUT2D eigenvalue weighted by Gasteiger charge is -2.11. The number of carbonyl (C=O) groups is 3. The van der Waals surface area contributed by atoms with Crippen LogP contribution in [0.15, 0.2) is 30.3 Å². The van der Waals surface area contributed by atoms with Crippen molar-refractivity contribution in [1.82, 2.24) is 20.4 Å². The molecule has 30 heavy (non-hydrogen) atoms. The van der Waals surface area contributed by atoms with Gasteiger partial charge in [-0.05, 0) is 46.3 Å². The van der Waals surface area contributed by atoms with E-state index in [1.807, 2.05) is 25.5 Å². The monoisotopic (exact) mass is 412 g/mol. The molecule has 0 aliphatic rings. The maximum absolute atomic E-state index is 12.1. The summed E-state index contributed by atoms with van der Waals surface area (Å²) in [6.07, 6.45) is 1.78. The van der Waals surface area contributed by atoms with Gasteiger partial charge >= 0.3 is 12.0 Å². The molecule has 1 aromatic carbocycles. The Kier molecular flexibility index (Phi) is 7.91. The Morgan fingerprint density at radius 3 is 2.47 bits per heavy atom. The molecule has 3 amide bonds. The quantitative estimate of drug-likeness (QED) is 0.538. The van der Waals surface area contributed by atoms with E-state index in [0.29, 0.717) is 13.1 Å². The number of carbonyl (C=O) groups excluding carboxylic acids is 3. The maximum Gasteiger partial charge on any atom is 0.331 e. The summed E-state index contributed by atoms with van der Waals surface area (Å²) in [5.41, 5.74) is 4.85. The summed E-state index contributed by atoms with van der Waals surface area (Å²) >= 11 is 0. The van der Waals surface area contributed by atoms with Crippen LogP contribution in [-0.2, 0) is 20.9 Å². The van der Waals surface area contributed by atoms with Crippen molar-refractivity contribution in [3.05, 3.63) is 58.4 Å². The molecule has 0 spiro atoms. The van der Waals surface area contributed by atoms with Crippen molar-refractivity contribution in [2.24, 2.45) is 0 Å². The first-order valence-electron chi connectivity index (χ1n) is 9.78. The van der Waals surface area contributed by atoms with Crippen LogP contribution < -0.4 is 10.6 Å². The fraction of sp³-hybridized carbons (Fsp3) is 0.364. The first kappa shape index (κ1) is 22.9. The first-order valence-corrected chi connectivity index (χ1v) is 9.78. The molecule has 2 aromatic rings. The molecule has 0 aliphatic heterocycles. The first-order chi connectivity index (χ1) is 14.2. The van der Waals surface area contributed by atoms with Crippen LogP contribution in [0.5, 0.6) is 0 Å². The van der Waals surface area contributed by atoms with Gasteiger partial charge in [0.05, 0.1) is 12.2 Å². The fourth-order valence-corrected chi connectivity index (χ4v) is 2.81. The van der Waals surface area contributed by atoms with Crippen molar-refractivity contribution in [2.45, 2.75) is 47.3 Å². The Labute approximate surface area is 176 Å². The Balaban J connectivity index is 2.00. The van der Waals surface area contributed by atoms with Gasteiger partial charge < -0.3 is 10.1 Å². The lowest BCUT2D eigenvalue weighted by molar-refractivity contribution is -0.149. The van der Waals surface area contributed by atoms with E-state index in [9.17, 15) is 14.4 Å². The number of urea groups is 1. The minimum atomic E-state index is -1.10. The molecule has 1 heterocycles. The van der Waals surface area contributed by atoms with E-state index in [4.69, 9.17) is 4.74 Å². The second kappa shape index (κ2) is 10.4. The molecule has 0 saturated carbocycles. The Morgan fingerprint density at radius 2 is 1.83 bits per heavy atom. The molecule has 0 radical (unpaired) electrons. The van der Waals surface area contributed by atoms with Crippen LogP contribution in [0.2, 0.25) is 0 Å². The molecule has 2 rings (SSSR count). The smallest absolute Gasteiger partial charge is 0.331 e. The summed E-state index contributed by atoms with van der Waals surface area (Å²) in [5, 5.41) is 9.09. The highest BCUT2D eigenvalue weighted by atomic mass is 16.5. The molecule has 2 N–H and O–H groups in total. The van der Waals surface area contributed by atoms with E-state index >= 15 is 0 Å². The third-order valence-corrected chi connectivity index (χ3v) is 4.51. The zero-order valence-electron chi connectivity index (χ0n) is 18.0. The lowest BCUT2D eigenvalue weighted by Crippen LogP contribution is -2.44. The normalized spacial score (nSPS) is 11.9. The number of amides is 3. The van der Waals surface area contributed by atoms with Crippen LogP contribution in [0.4, 0.5) is 4.79 Å². The molecule has 0 fully saturated rings. The Hall–Kier alpha value is -3.42. The van der Waals surface area contributed by atoms with Crippen LogP contribution in [0, 0.1) is 20.8 Å². The third-order valence-electron chi connectivity index (χ3n) is 4.51. The van der Waals surface area contributed by atoms with Gasteiger partial charge in [0.2, 0.25) is 0 Å². The average molecular weight is 412 g/mol. The van der Waals surface area contributed by atoms with Gasteiger partial charge in [-0.2, -0.15) is 5.10 Å². The van der Waals surface area contributed by atoms with Crippen molar-refractivity contribution < 1.29 is 19.1 Å². The van der Waals surface area contributed by atoms with E-state index < -0.39 is 24.0 Å². The summed E-state index contributed by atoms with van der Waals surface area (Å²) in [6.45, 7) is 9.98. The van der Waals surface area contributed by atoms with Gasteiger partial charge in [-0.25, -0.2) is 9.59 Å². The summed E-state index contributed by atoms with van der Waals surface area (Å²) in [5.74, 6) is -1.38. The Morgan fingerprint density at radius 1 is 1.17 bits per heavy atom. The highest BCUT2D eigenvalue weighted by Gasteiger charge is 2.19. The average Bonchev–Trinajstić information content (AvgIpc) is 2.94. The third kappa shape index (κ3) is 6.30. The number of hydrogen-bond donors (Lipinski definition) is 2. The predicted molar refractivity (Wildman–Crippen MR) is 114 cm³/mol. The van der Waals surface area contributed by atoms with Crippen LogP contribution in [0.3, 0.4) is 0 Å². The summed E-state index contributed by atoms with van der Waals surface area (Å²) in [6, 6.07) is 7.60. The van der Waals surface area contributed by atoms with Gasteiger partial charge in [0.25, 0.3) is 5.91 Å². The molecule has 160 valence electrons. The van der Waals surface area contributed by atoms with Gasteiger partial charge in [0.1, 0.15) is 0 Å². The van der Waals surface area contributed by atoms with Crippen LogP contribution >= 0.6 is 0 Å². The zero-order chi connectivity index (χ0) is 22.3. The number of nitrogens with zero attached hydrogens (tertiary/aromatic N) is 2. The zero-order valence-corrected chi connectivity index (χ0v) is 18.0. The van der Waals surface area contributed by atoms with Gasteiger partial charge in [-0.3, -0.25) is 14.8 Å². The van der Waals surface area contributed by atoms with Crippen molar-refractivity contribution in [2.75, 3.05) is 6.54 Å². The standard InChI is InChI=1S/C22H28N4O4/c1-6-23-22(29)24-21(28)17(5)30-20(27)12-11-19-15(3)25-26(16(19)4)13-18-9-7-14(2)8-10-18/h7-12,17H,6,13H2,1-5H3,(H2,23,24,28,29)/b12-11+. The number of benzene rings is 1. The number of aromatic nitrogens is 2. The summed E-state index contributed by atoms with van der Waals surface area (Å²) in [4.78, 5) is 35.3. The van der Waals surface area contributed by atoms with Crippen LogP contribution in [0.25, 0.3) is 6.08 Å². The van der Waals surface area contributed by atoms with E-state index in [0.717, 1.165) is 22.5 Å². The number of hydrogen-bond acceptors (Lipinski definition) is 5. The lowest BCUT2D eigenvalue weighted by atomic mass is 10.1. The molecule has 0 aliphatic carbocycles. The molecule has 0 bridgehead atoms. The number of rotatable bonds is 7. The molecule has 1 aromatic heterocycles. The van der Waals surface area contributed by atoms with Gasteiger partial charge in [-0.1, -0.05) is 29.8 Å². The highest BCUT2D eigenvalue weighted by molar-refractivity contribution is 5.98. The van der Waals surface area contributed by atoms with E-state index in [-0.39, 0.29) is 0 Å².